The van der Waals surface area contributed by atoms with Crippen molar-refractivity contribution in [2.45, 2.75) is 109 Å². The molecule has 1 nitrogen and oxygen atoms in total. The second-order valence-electron chi connectivity index (χ2n) is 9.28. The maximum Gasteiger partial charge on any atom is 0.0575 e. The highest BCUT2D eigenvalue weighted by atomic mass is 16.5. The zero-order valence-electron chi connectivity index (χ0n) is 17.9. The summed E-state index contributed by atoms with van der Waals surface area (Å²) in [5.74, 6) is 2.60. The van der Waals surface area contributed by atoms with Crippen LogP contribution in [0.4, 0.5) is 0 Å². The van der Waals surface area contributed by atoms with E-state index in [-0.39, 0.29) is 0 Å². The molecule has 2 aliphatic rings. The summed E-state index contributed by atoms with van der Waals surface area (Å²) in [7, 11) is 0. The minimum atomic E-state index is 0.562. The molecular weight excluding hydrogens is 328 g/mol. The molecule has 3 rings (SSSR count). The van der Waals surface area contributed by atoms with E-state index < -0.39 is 0 Å². The lowest BCUT2D eigenvalue weighted by Crippen LogP contribution is -2.26. The van der Waals surface area contributed by atoms with E-state index in [1.807, 2.05) is 0 Å². The van der Waals surface area contributed by atoms with Crippen LogP contribution in [0.15, 0.2) is 24.3 Å². The summed E-state index contributed by atoms with van der Waals surface area (Å²) in [6.07, 6.45) is 18.3. The van der Waals surface area contributed by atoms with Crippen molar-refractivity contribution in [1.29, 1.82) is 0 Å². The Balaban J connectivity index is 1.31. The molecular formula is C26H42O. The molecule has 0 spiro atoms. The van der Waals surface area contributed by atoms with Crippen LogP contribution in [-0.2, 0) is 11.2 Å². The third-order valence-electron chi connectivity index (χ3n) is 7.28. The van der Waals surface area contributed by atoms with Crippen LogP contribution < -0.4 is 0 Å². The van der Waals surface area contributed by atoms with Gasteiger partial charge in [-0.3, -0.25) is 0 Å². The van der Waals surface area contributed by atoms with Crippen molar-refractivity contribution >= 4 is 0 Å². The highest BCUT2D eigenvalue weighted by molar-refractivity contribution is 5.25. The fourth-order valence-electron chi connectivity index (χ4n) is 5.23. The number of rotatable bonds is 9. The van der Waals surface area contributed by atoms with Gasteiger partial charge in [-0.15, -0.1) is 0 Å². The number of unbranched alkanes of at least 4 members (excludes halogenated alkanes) is 2. The summed E-state index contributed by atoms with van der Waals surface area (Å²) in [6.45, 7) is 5.57. The first-order valence-corrected chi connectivity index (χ1v) is 12.0. The number of benzene rings is 1. The molecule has 0 N–H and O–H groups in total. The molecule has 1 aromatic carbocycles. The lowest BCUT2D eigenvalue weighted by atomic mass is 9.76. The van der Waals surface area contributed by atoms with Gasteiger partial charge in [-0.25, -0.2) is 0 Å². The Bertz CT molecular complexity index is 504. The van der Waals surface area contributed by atoms with E-state index >= 15 is 0 Å². The highest BCUT2D eigenvalue weighted by Gasteiger charge is 2.25. The van der Waals surface area contributed by atoms with Crippen molar-refractivity contribution in [3.05, 3.63) is 35.4 Å². The molecule has 1 aliphatic carbocycles. The first-order chi connectivity index (χ1) is 13.3. The second-order valence-corrected chi connectivity index (χ2v) is 9.28. The fraction of sp³-hybridized carbons (Fsp3) is 0.769. The zero-order valence-corrected chi connectivity index (χ0v) is 17.9. The normalized spacial score (nSPS) is 29.0. The molecule has 152 valence electrons. The topological polar surface area (TPSA) is 9.23 Å². The van der Waals surface area contributed by atoms with Crippen LogP contribution in [0.3, 0.4) is 0 Å². The molecule has 0 amide bonds. The van der Waals surface area contributed by atoms with Crippen LogP contribution in [0.5, 0.6) is 0 Å². The van der Waals surface area contributed by atoms with Crippen molar-refractivity contribution in [3.63, 3.8) is 0 Å². The van der Waals surface area contributed by atoms with Crippen molar-refractivity contribution in [1.82, 2.24) is 0 Å². The SMILES string of the molecule is CCCCCC1CCC(CCC2CCC(c3ccc(CC)cc3)CC2)OC1. The van der Waals surface area contributed by atoms with Gasteiger partial charge in [0, 0.05) is 6.61 Å². The molecule has 1 aliphatic heterocycles. The summed E-state index contributed by atoms with van der Waals surface area (Å²) < 4.78 is 6.22. The van der Waals surface area contributed by atoms with E-state index in [1.54, 1.807) is 5.56 Å². The molecule has 2 atom stereocenters. The zero-order chi connectivity index (χ0) is 18.9. The van der Waals surface area contributed by atoms with E-state index in [1.165, 1.54) is 82.6 Å². The fourth-order valence-corrected chi connectivity index (χ4v) is 5.23. The predicted molar refractivity (Wildman–Crippen MR) is 116 cm³/mol. The number of aryl methyl sites for hydroxylation is 1. The van der Waals surface area contributed by atoms with Gasteiger partial charge in [0.25, 0.3) is 0 Å². The molecule has 1 aromatic rings. The van der Waals surface area contributed by atoms with Crippen LogP contribution in [0.1, 0.15) is 108 Å². The van der Waals surface area contributed by atoms with E-state index in [0.29, 0.717) is 6.10 Å². The van der Waals surface area contributed by atoms with E-state index in [4.69, 9.17) is 4.74 Å². The molecule has 27 heavy (non-hydrogen) atoms. The maximum atomic E-state index is 6.22. The van der Waals surface area contributed by atoms with E-state index in [2.05, 4.69) is 38.1 Å². The van der Waals surface area contributed by atoms with Gasteiger partial charge in [0.15, 0.2) is 0 Å². The smallest absolute Gasteiger partial charge is 0.0575 e. The van der Waals surface area contributed by atoms with Gasteiger partial charge in [-0.05, 0) is 93.1 Å². The molecule has 1 heteroatoms. The minimum absolute atomic E-state index is 0.562. The summed E-state index contributed by atoms with van der Waals surface area (Å²) in [6, 6.07) is 9.43. The monoisotopic (exact) mass is 370 g/mol. The third-order valence-corrected chi connectivity index (χ3v) is 7.28. The Morgan fingerprint density at radius 3 is 2.15 bits per heavy atom. The van der Waals surface area contributed by atoms with Gasteiger partial charge in [-0.1, -0.05) is 57.4 Å². The summed E-state index contributed by atoms with van der Waals surface area (Å²) in [5.41, 5.74) is 3.04. The Kier molecular flexibility index (Phi) is 8.71. The van der Waals surface area contributed by atoms with Gasteiger partial charge >= 0.3 is 0 Å². The predicted octanol–water partition coefficient (Wildman–Crippen LogP) is 7.68. The van der Waals surface area contributed by atoms with Crippen LogP contribution in [0.25, 0.3) is 0 Å². The van der Waals surface area contributed by atoms with Crippen LogP contribution in [0, 0.1) is 11.8 Å². The van der Waals surface area contributed by atoms with Gasteiger partial charge in [0.05, 0.1) is 6.10 Å². The minimum Gasteiger partial charge on any atom is -0.378 e. The number of hydrogen-bond donors (Lipinski definition) is 0. The van der Waals surface area contributed by atoms with Crippen LogP contribution >= 0.6 is 0 Å². The number of hydrogen-bond acceptors (Lipinski definition) is 1. The van der Waals surface area contributed by atoms with Crippen LogP contribution in [0.2, 0.25) is 0 Å². The van der Waals surface area contributed by atoms with E-state index in [9.17, 15) is 0 Å². The maximum absolute atomic E-state index is 6.22. The van der Waals surface area contributed by atoms with Crippen molar-refractivity contribution in [2.75, 3.05) is 6.61 Å². The molecule has 2 unspecified atom stereocenters. The average Bonchev–Trinajstić information content (AvgIpc) is 2.74. The lowest BCUT2D eigenvalue weighted by molar-refractivity contribution is -0.0256. The molecule has 0 bridgehead atoms. The van der Waals surface area contributed by atoms with Crippen molar-refractivity contribution in [3.8, 4) is 0 Å². The summed E-state index contributed by atoms with van der Waals surface area (Å²) in [4.78, 5) is 0. The second kappa shape index (κ2) is 11.2. The largest absolute Gasteiger partial charge is 0.378 e. The first kappa shape index (κ1) is 20.9. The molecule has 1 heterocycles. The Morgan fingerprint density at radius 2 is 1.52 bits per heavy atom. The molecule has 0 aromatic heterocycles. The average molecular weight is 371 g/mol. The molecule has 1 saturated carbocycles. The van der Waals surface area contributed by atoms with Crippen LogP contribution in [-0.4, -0.2) is 12.7 Å². The summed E-state index contributed by atoms with van der Waals surface area (Å²) in [5, 5.41) is 0. The van der Waals surface area contributed by atoms with Crippen molar-refractivity contribution in [2.24, 2.45) is 11.8 Å². The van der Waals surface area contributed by atoms with Gasteiger partial charge in [0.1, 0.15) is 0 Å². The van der Waals surface area contributed by atoms with Gasteiger partial charge < -0.3 is 4.74 Å². The molecule has 2 fully saturated rings. The Labute approximate surface area is 168 Å². The first-order valence-electron chi connectivity index (χ1n) is 12.0. The lowest BCUT2D eigenvalue weighted by Gasteiger charge is -2.32. The summed E-state index contributed by atoms with van der Waals surface area (Å²) >= 11 is 0. The standard InChI is InChI=1S/C26H42O/c1-3-5-6-7-23-13-19-26(27-20-23)18-12-22-10-16-25(17-11-22)24-14-8-21(4-2)9-15-24/h8-9,14-15,22-23,25-26H,3-7,10-13,16-20H2,1-2H3. The van der Waals surface area contributed by atoms with E-state index in [0.717, 1.165) is 30.8 Å². The number of ether oxygens (including phenoxy) is 1. The Morgan fingerprint density at radius 1 is 0.778 bits per heavy atom. The quantitative estimate of drug-likeness (QED) is 0.405. The van der Waals surface area contributed by atoms with Gasteiger partial charge in [-0.2, -0.15) is 0 Å². The highest BCUT2D eigenvalue weighted by Crippen LogP contribution is 2.38. The third kappa shape index (κ3) is 6.63. The Hall–Kier alpha value is -0.820. The van der Waals surface area contributed by atoms with Gasteiger partial charge in [0.2, 0.25) is 0 Å². The molecule has 1 saturated heterocycles. The molecule has 0 radical (unpaired) electrons. The van der Waals surface area contributed by atoms with Crippen molar-refractivity contribution < 1.29 is 4.74 Å².